The molecule has 1 N–H and O–H groups in total. The summed E-state index contributed by atoms with van der Waals surface area (Å²) in [4.78, 5) is 27.2. The number of urea groups is 1. The lowest BCUT2D eigenvalue weighted by molar-refractivity contribution is -0.139. The molecule has 0 aliphatic carbocycles. The van der Waals surface area contributed by atoms with E-state index in [2.05, 4.69) is 5.32 Å². The maximum atomic E-state index is 14.1. The molecule has 1 aliphatic rings. The monoisotopic (exact) mass is 428 g/mol. The van der Waals surface area contributed by atoms with Gasteiger partial charge in [0.2, 0.25) is 0 Å². The molecular formula is C23H25FN2O5. The first-order valence-electron chi connectivity index (χ1n) is 9.99. The molecular weight excluding hydrogens is 403 g/mol. The van der Waals surface area contributed by atoms with E-state index in [0.29, 0.717) is 17.0 Å². The second-order valence-corrected chi connectivity index (χ2v) is 6.70. The number of nitrogens with one attached hydrogen (secondary N) is 1. The zero-order valence-corrected chi connectivity index (χ0v) is 17.7. The molecule has 1 aliphatic heterocycles. The van der Waals surface area contributed by atoms with Gasteiger partial charge in [0, 0.05) is 6.54 Å². The molecule has 31 heavy (non-hydrogen) atoms. The predicted octanol–water partition coefficient (Wildman–Crippen LogP) is 3.82. The average molecular weight is 428 g/mol. The minimum Gasteiger partial charge on any atom is -0.497 e. The molecule has 0 saturated carbocycles. The number of hydrogen-bond acceptors (Lipinski definition) is 5. The summed E-state index contributed by atoms with van der Waals surface area (Å²) in [7, 11) is 1.53. The lowest BCUT2D eigenvalue weighted by Gasteiger charge is -2.36. The number of amides is 2. The van der Waals surface area contributed by atoms with E-state index in [9.17, 15) is 14.0 Å². The first kappa shape index (κ1) is 22.1. The van der Waals surface area contributed by atoms with E-state index < -0.39 is 23.9 Å². The van der Waals surface area contributed by atoms with E-state index in [1.807, 2.05) is 0 Å². The number of ether oxygens (including phenoxy) is 3. The van der Waals surface area contributed by atoms with E-state index in [1.165, 1.54) is 24.1 Å². The number of esters is 1. The van der Waals surface area contributed by atoms with Gasteiger partial charge in [-0.25, -0.2) is 14.0 Å². The van der Waals surface area contributed by atoms with Crippen molar-refractivity contribution in [3.63, 3.8) is 0 Å². The number of nitrogens with zero attached hydrogens (tertiary/aromatic N) is 1. The Hall–Kier alpha value is -3.55. The quantitative estimate of drug-likeness (QED) is 0.647. The molecule has 0 bridgehead atoms. The summed E-state index contributed by atoms with van der Waals surface area (Å²) in [5, 5.41) is 2.86. The van der Waals surface area contributed by atoms with Crippen molar-refractivity contribution in [2.45, 2.75) is 19.9 Å². The summed E-state index contributed by atoms with van der Waals surface area (Å²) in [6.45, 7) is 3.74. The van der Waals surface area contributed by atoms with E-state index >= 15 is 0 Å². The minimum absolute atomic E-state index is 0.0261. The molecule has 7 nitrogen and oxygen atoms in total. The largest absolute Gasteiger partial charge is 0.497 e. The fraction of sp³-hybridized carbons (Fsp3) is 0.304. The van der Waals surface area contributed by atoms with Crippen molar-refractivity contribution in [1.29, 1.82) is 0 Å². The van der Waals surface area contributed by atoms with Crippen LogP contribution in [0.3, 0.4) is 0 Å². The first-order valence-corrected chi connectivity index (χ1v) is 9.99. The van der Waals surface area contributed by atoms with Crippen LogP contribution in [0.4, 0.5) is 9.18 Å². The van der Waals surface area contributed by atoms with Crippen LogP contribution in [0, 0.1) is 5.82 Å². The smallest absolute Gasteiger partial charge is 0.338 e. The Morgan fingerprint density at radius 1 is 1.16 bits per heavy atom. The summed E-state index contributed by atoms with van der Waals surface area (Å²) < 4.78 is 30.3. The van der Waals surface area contributed by atoms with Crippen LogP contribution in [-0.4, -0.2) is 43.8 Å². The van der Waals surface area contributed by atoms with Crippen LogP contribution in [0.2, 0.25) is 0 Å². The zero-order valence-electron chi connectivity index (χ0n) is 17.7. The molecule has 8 heteroatoms. The molecule has 164 valence electrons. The fourth-order valence-corrected chi connectivity index (χ4v) is 3.42. The number of methoxy groups -OCH3 is 1. The maximum Gasteiger partial charge on any atom is 0.338 e. The van der Waals surface area contributed by atoms with Gasteiger partial charge in [-0.15, -0.1) is 0 Å². The second-order valence-electron chi connectivity index (χ2n) is 6.70. The number of carbonyl (C=O) groups excluding carboxylic acids is 2. The van der Waals surface area contributed by atoms with E-state index in [-0.39, 0.29) is 31.1 Å². The van der Waals surface area contributed by atoms with Crippen molar-refractivity contribution in [2.24, 2.45) is 0 Å². The number of halogens is 1. The standard InChI is InChI=1S/C23H25FN2O5/c1-4-26-18(14-31-19-12-7-6-11-17(19)24)20(22(27)30-5-2)21(25-23(26)28)15-9-8-10-16(13-15)29-3/h6-13,21H,4-5,14H2,1-3H3,(H,25,28). The summed E-state index contributed by atoms with van der Waals surface area (Å²) >= 11 is 0. The average Bonchev–Trinajstić information content (AvgIpc) is 2.78. The van der Waals surface area contributed by atoms with Crippen LogP contribution in [0.15, 0.2) is 59.8 Å². The third-order valence-corrected chi connectivity index (χ3v) is 4.88. The number of carbonyl (C=O) groups is 2. The SMILES string of the molecule is CCOC(=O)C1=C(COc2ccccc2F)N(CC)C(=O)NC1c1cccc(OC)c1. The number of likely N-dealkylation sites (N-methyl/N-ethyl adjacent to an activating group) is 1. The van der Waals surface area contributed by atoms with Crippen LogP contribution in [-0.2, 0) is 9.53 Å². The number of hydrogen-bond donors (Lipinski definition) is 1. The molecule has 2 aromatic rings. The Balaban J connectivity index is 2.09. The highest BCUT2D eigenvalue weighted by molar-refractivity contribution is 5.95. The van der Waals surface area contributed by atoms with Gasteiger partial charge in [-0.3, -0.25) is 4.90 Å². The fourth-order valence-electron chi connectivity index (χ4n) is 3.42. The van der Waals surface area contributed by atoms with Crippen molar-refractivity contribution in [1.82, 2.24) is 10.2 Å². The number of rotatable bonds is 8. The van der Waals surface area contributed by atoms with Gasteiger partial charge < -0.3 is 19.5 Å². The molecule has 1 atom stereocenters. The third kappa shape index (κ3) is 4.79. The Bertz CT molecular complexity index is 991. The van der Waals surface area contributed by atoms with Crippen LogP contribution >= 0.6 is 0 Å². The van der Waals surface area contributed by atoms with Crippen molar-refractivity contribution in [3.8, 4) is 11.5 Å². The Labute approximate surface area is 180 Å². The third-order valence-electron chi connectivity index (χ3n) is 4.88. The highest BCUT2D eigenvalue weighted by Gasteiger charge is 2.38. The van der Waals surface area contributed by atoms with E-state index in [0.717, 1.165) is 0 Å². The molecule has 1 heterocycles. The summed E-state index contributed by atoms with van der Waals surface area (Å²) in [6.07, 6.45) is 0. The van der Waals surface area contributed by atoms with Gasteiger partial charge in [0.15, 0.2) is 11.6 Å². The Morgan fingerprint density at radius 3 is 2.61 bits per heavy atom. The minimum atomic E-state index is -0.774. The van der Waals surface area contributed by atoms with Crippen LogP contribution in [0.25, 0.3) is 0 Å². The van der Waals surface area contributed by atoms with Crippen molar-refractivity contribution < 1.29 is 28.2 Å². The normalized spacial score (nSPS) is 16.1. The van der Waals surface area contributed by atoms with Crippen LogP contribution in [0.1, 0.15) is 25.5 Å². The van der Waals surface area contributed by atoms with Crippen molar-refractivity contribution in [2.75, 3.05) is 26.9 Å². The molecule has 2 aromatic carbocycles. The number of benzene rings is 2. The van der Waals surface area contributed by atoms with Gasteiger partial charge in [0.05, 0.1) is 31.0 Å². The van der Waals surface area contributed by atoms with Gasteiger partial charge in [-0.05, 0) is 43.7 Å². The molecule has 0 fully saturated rings. The molecule has 0 radical (unpaired) electrons. The summed E-state index contributed by atoms with van der Waals surface area (Å²) in [5.74, 6) is -0.510. The first-order chi connectivity index (χ1) is 15.0. The predicted molar refractivity (Wildman–Crippen MR) is 112 cm³/mol. The molecule has 2 amide bonds. The van der Waals surface area contributed by atoms with Crippen molar-refractivity contribution in [3.05, 3.63) is 71.2 Å². The van der Waals surface area contributed by atoms with Crippen molar-refractivity contribution >= 4 is 12.0 Å². The lowest BCUT2D eigenvalue weighted by Crippen LogP contribution is -2.49. The van der Waals surface area contributed by atoms with Gasteiger partial charge in [-0.1, -0.05) is 24.3 Å². The maximum absolute atomic E-state index is 14.1. The molecule has 0 aromatic heterocycles. The molecule has 1 unspecified atom stereocenters. The number of para-hydroxylation sites is 1. The Kier molecular flexibility index (Phi) is 7.12. The van der Waals surface area contributed by atoms with Gasteiger partial charge in [0.25, 0.3) is 0 Å². The van der Waals surface area contributed by atoms with E-state index in [1.54, 1.807) is 50.2 Å². The molecule has 0 spiro atoms. The van der Waals surface area contributed by atoms with Crippen LogP contribution in [0.5, 0.6) is 11.5 Å². The van der Waals surface area contributed by atoms with Gasteiger partial charge in [-0.2, -0.15) is 0 Å². The lowest BCUT2D eigenvalue weighted by atomic mass is 9.94. The van der Waals surface area contributed by atoms with Gasteiger partial charge >= 0.3 is 12.0 Å². The van der Waals surface area contributed by atoms with E-state index in [4.69, 9.17) is 14.2 Å². The zero-order chi connectivity index (χ0) is 22.4. The van der Waals surface area contributed by atoms with Gasteiger partial charge in [0.1, 0.15) is 12.4 Å². The molecule has 0 saturated heterocycles. The van der Waals surface area contributed by atoms with Crippen LogP contribution < -0.4 is 14.8 Å². The Morgan fingerprint density at radius 2 is 1.94 bits per heavy atom. The molecule has 3 rings (SSSR count). The highest BCUT2D eigenvalue weighted by Crippen LogP contribution is 2.33. The summed E-state index contributed by atoms with van der Waals surface area (Å²) in [5.41, 5.74) is 1.20. The second kappa shape index (κ2) is 9.97. The topological polar surface area (TPSA) is 77.1 Å². The highest BCUT2D eigenvalue weighted by atomic mass is 19.1. The summed E-state index contributed by atoms with van der Waals surface area (Å²) in [6, 6.07) is 11.8.